The number of morpholine rings is 1. The largest absolute Gasteiger partial charge is 0.421 e. The first-order valence-electron chi connectivity index (χ1n) is 12.6. The number of hydrogen-bond donors (Lipinski definition) is 2. The third kappa shape index (κ3) is 5.21. The number of ether oxygens (including phenoxy) is 1. The first-order chi connectivity index (χ1) is 17.9. The van der Waals surface area contributed by atoms with Gasteiger partial charge >= 0.3 is 6.18 Å². The van der Waals surface area contributed by atoms with Gasteiger partial charge in [-0.05, 0) is 48.9 Å². The van der Waals surface area contributed by atoms with Gasteiger partial charge in [0.15, 0.2) is 5.60 Å². The van der Waals surface area contributed by atoms with Gasteiger partial charge in [0.2, 0.25) is 0 Å². The van der Waals surface area contributed by atoms with Gasteiger partial charge in [-0.3, -0.25) is 4.90 Å². The van der Waals surface area contributed by atoms with Crippen LogP contribution in [0.1, 0.15) is 25.3 Å². The molecule has 2 N–H and O–H groups in total. The average molecular weight is 576 g/mol. The van der Waals surface area contributed by atoms with Crippen LogP contribution < -0.4 is 4.90 Å². The van der Waals surface area contributed by atoms with Crippen molar-refractivity contribution >= 4 is 27.0 Å². The van der Waals surface area contributed by atoms with Gasteiger partial charge in [-0.15, -0.1) is 11.3 Å². The van der Waals surface area contributed by atoms with Crippen molar-refractivity contribution in [2.24, 2.45) is 0 Å². The number of nitrogens with zero attached hydrogens (tertiary/aromatic N) is 3. The maximum absolute atomic E-state index is 13.4. The molecular weight excluding hydrogens is 543 g/mol. The van der Waals surface area contributed by atoms with Crippen molar-refractivity contribution < 1.29 is 36.5 Å². The molecule has 0 amide bonds. The van der Waals surface area contributed by atoms with E-state index < -0.39 is 27.9 Å². The van der Waals surface area contributed by atoms with E-state index in [0.717, 1.165) is 18.3 Å². The van der Waals surface area contributed by atoms with Crippen molar-refractivity contribution in [3.63, 3.8) is 0 Å². The number of anilines is 1. The number of sulfonamides is 1. The molecule has 2 bridgehead atoms. The lowest BCUT2D eigenvalue weighted by Crippen LogP contribution is -2.64. The van der Waals surface area contributed by atoms with Crippen molar-refractivity contribution in [3.8, 4) is 0 Å². The maximum Gasteiger partial charge on any atom is 0.421 e. The number of aliphatic hydroxyl groups excluding tert-OH is 1. The van der Waals surface area contributed by atoms with Crippen LogP contribution in [0, 0.1) is 0 Å². The molecule has 2 aromatic rings. The van der Waals surface area contributed by atoms with E-state index in [9.17, 15) is 31.8 Å². The summed E-state index contributed by atoms with van der Waals surface area (Å²) in [7, 11) is -3.68. The molecule has 4 heterocycles. The molecule has 5 rings (SSSR count). The molecule has 4 unspecified atom stereocenters. The second-order valence-electron chi connectivity index (χ2n) is 10.4. The number of benzene rings is 1. The molecule has 1 aromatic heterocycles. The zero-order chi connectivity index (χ0) is 27.3. The zero-order valence-corrected chi connectivity index (χ0v) is 22.6. The molecule has 3 aliphatic rings. The van der Waals surface area contributed by atoms with Crippen molar-refractivity contribution in [1.29, 1.82) is 0 Å². The lowest BCUT2D eigenvalue weighted by molar-refractivity contribution is -0.258. The van der Waals surface area contributed by atoms with Crippen LogP contribution in [0.2, 0.25) is 0 Å². The number of rotatable bonds is 6. The number of alkyl halides is 3. The van der Waals surface area contributed by atoms with E-state index >= 15 is 0 Å². The van der Waals surface area contributed by atoms with Crippen LogP contribution in [-0.2, 0) is 20.4 Å². The zero-order valence-electron chi connectivity index (χ0n) is 20.9. The van der Waals surface area contributed by atoms with Gasteiger partial charge in [0, 0.05) is 44.0 Å². The van der Waals surface area contributed by atoms with E-state index in [4.69, 9.17) is 4.74 Å². The smallest absolute Gasteiger partial charge is 0.393 e. The highest BCUT2D eigenvalue weighted by Crippen LogP contribution is 2.39. The first-order valence-corrected chi connectivity index (χ1v) is 14.9. The standard InChI is InChI=1S/C25H32F3N3O5S2/c1-24(33,25(26,27)28)17-4-6-18(7-5-17)30-9-8-29(38(34,35)23-3-2-10-37-23)13-21(30)14-31-19-11-22(32)12-20(31)16-36-15-19/h2-7,10,19-22,32-33H,8-9,11-16H2,1H3. The van der Waals surface area contributed by atoms with Crippen molar-refractivity contribution in [2.45, 2.75) is 60.0 Å². The minimum absolute atomic E-state index is 0.00730. The topological polar surface area (TPSA) is 93.6 Å². The van der Waals surface area contributed by atoms with E-state index in [1.54, 1.807) is 29.6 Å². The van der Waals surface area contributed by atoms with Crippen LogP contribution in [0.3, 0.4) is 0 Å². The normalized spacial score (nSPS) is 29.3. The van der Waals surface area contributed by atoms with Crippen LogP contribution in [0.25, 0.3) is 0 Å². The summed E-state index contributed by atoms with van der Waals surface area (Å²) in [6.45, 7) is 3.01. The number of thiophene rings is 1. The van der Waals surface area contributed by atoms with Crippen molar-refractivity contribution in [3.05, 3.63) is 47.3 Å². The summed E-state index contributed by atoms with van der Waals surface area (Å²) < 4.78 is 74.2. The summed E-state index contributed by atoms with van der Waals surface area (Å²) in [6, 6.07) is 8.66. The van der Waals surface area contributed by atoms with Gasteiger partial charge < -0.3 is 19.8 Å². The second-order valence-corrected chi connectivity index (χ2v) is 13.5. The van der Waals surface area contributed by atoms with Crippen LogP contribution in [0.5, 0.6) is 0 Å². The summed E-state index contributed by atoms with van der Waals surface area (Å²) in [5.74, 6) is 0. The Bertz CT molecular complexity index is 1190. The quantitative estimate of drug-likeness (QED) is 0.547. The van der Waals surface area contributed by atoms with Gasteiger partial charge in [-0.25, -0.2) is 8.42 Å². The molecule has 3 saturated heterocycles. The third-order valence-electron chi connectivity index (χ3n) is 7.92. The number of fused-ring (bicyclic) bond motifs is 2. The summed E-state index contributed by atoms with van der Waals surface area (Å²) >= 11 is 1.16. The number of piperazine rings is 1. The Hall–Kier alpha value is -1.74. The number of piperidine rings is 1. The molecule has 8 nitrogen and oxygen atoms in total. The Balaban J connectivity index is 1.43. The summed E-state index contributed by atoms with van der Waals surface area (Å²) in [6.07, 6.45) is -4.09. The molecular formula is C25H32F3N3O5S2. The predicted molar refractivity (Wildman–Crippen MR) is 137 cm³/mol. The van der Waals surface area contributed by atoms with Gasteiger partial charge in [-0.1, -0.05) is 18.2 Å². The Labute approximate surface area is 224 Å². The summed E-state index contributed by atoms with van der Waals surface area (Å²) in [4.78, 5) is 4.33. The summed E-state index contributed by atoms with van der Waals surface area (Å²) in [5.41, 5.74) is -2.59. The monoisotopic (exact) mass is 575 g/mol. The molecule has 0 saturated carbocycles. The van der Waals surface area contributed by atoms with Gasteiger partial charge in [0.25, 0.3) is 10.0 Å². The molecule has 3 fully saturated rings. The second kappa shape index (κ2) is 10.3. The fraction of sp³-hybridized carbons (Fsp3) is 0.600. The highest BCUT2D eigenvalue weighted by molar-refractivity contribution is 7.91. The van der Waals surface area contributed by atoms with Crippen LogP contribution in [0.4, 0.5) is 18.9 Å². The molecule has 0 aliphatic carbocycles. The molecule has 0 radical (unpaired) electrons. The van der Waals surface area contributed by atoms with E-state index in [1.165, 1.54) is 16.4 Å². The van der Waals surface area contributed by atoms with Crippen LogP contribution >= 0.6 is 11.3 Å². The average Bonchev–Trinajstić information content (AvgIpc) is 3.40. The Kier molecular flexibility index (Phi) is 7.57. The van der Waals surface area contributed by atoms with E-state index in [0.29, 0.717) is 44.8 Å². The molecule has 13 heteroatoms. The van der Waals surface area contributed by atoms with Crippen LogP contribution in [-0.4, -0.2) is 97.6 Å². The Morgan fingerprint density at radius 2 is 1.74 bits per heavy atom. The van der Waals surface area contributed by atoms with Crippen molar-refractivity contribution in [2.75, 3.05) is 44.3 Å². The minimum Gasteiger partial charge on any atom is -0.393 e. The highest BCUT2D eigenvalue weighted by Gasteiger charge is 2.51. The summed E-state index contributed by atoms with van der Waals surface area (Å²) in [5, 5.41) is 22.1. The molecule has 0 spiro atoms. The Morgan fingerprint density at radius 1 is 1.08 bits per heavy atom. The van der Waals surface area contributed by atoms with Gasteiger partial charge in [-0.2, -0.15) is 17.5 Å². The lowest BCUT2D eigenvalue weighted by Gasteiger charge is -2.51. The molecule has 210 valence electrons. The van der Waals surface area contributed by atoms with E-state index in [1.807, 2.05) is 4.90 Å². The fourth-order valence-corrected chi connectivity index (χ4v) is 8.34. The van der Waals surface area contributed by atoms with Crippen molar-refractivity contribution in [1.82, 2.24) is 9.21 Å². The number of aliphatic hydroxyl groups is 2. The highest BCUT2D eigenvalue weighted by atomic mass is 32.2. The van der Waals surface area contributed by atoms with Gasteiger partial charge in [0.05, 0.1) is 25.4 Å². The molecule has 38 heavy (non-hydrogen) atoms. The predicted octanol–water partition coefficient (Wildman–Crippen LogP) is 2.62. The fourth-order valence-electron chi connectivity index (χ4n) is 5.72. The SMILES string of the molecule is CC(O)(c1ccc(N2CCN(S(=O)(=O)c3cccs3)CC2CN2C3COCC2CC(O)C3)cc1)C(F)(F)F. The van der Waals surface area contributed by atoms with Gasteiger partial charge in [0.1, 0.15) is 4.21 Å². The van der Waals surface area contributed by atoms with E-state index in [2.05, 4.69) is 4.90 Å². The van der Waals surface area contributed by atoms with E-state index in [-0.39, 0.29) is 41.0 Å². The number of halogens is 3. The first kappa shape index (κ1) is 27.8. The van der Waals surface area contributed by atoms with Crippen LogP contribution in [0.15, 0.2) is 46.0 Å². The molecule has 4 atom stereocenters. The number of hydrogen-bond acceptors (Lipinski definition) is 8. The molecule has 1 aromatic carbocycles. The molecule has 3 aliphatic heterocycles. The Morgan fingerprint density at radius 3 is 2.32 bits per heavy atom. The third-order valence-corrected chi connectivity index (χ3v) is 11.2. The minimum atomic E-state index is -4.82. The maximum atomic E-state index is 13.4. The lowest BCUT2D eigenvalue weighted by atomic mass is 9.91.